The monoisotopic (exact) mass is 284 g/mol. The lowest BCUT2D eigenvalue weighted by atomic mass is 10.1. The summed E-state index contributed by atoms with van der Waals surface area (Å²) in [6, 6.07) is 2.76. The zero-order valence-electron chi connectivity index (χ0n) is 11.0. The van der Waals surface area contributed by atoms with Crippen molar-refractivity contribution in [1.82, 2.24) is 0 Å². The number of hydrogen-bond acceptors (Lipinski definition) is 4. The zero-order valence-corrected chi connectivity index (χ0v) is 11.8. The number of halogens is 1. The molecule has 1 aromatic rings. The zero-order chi connectivity index (χ0) is 14.0. The minimum atomic E-state index is -0.536. The Morgan fingerprint density at radius 3 is 2.79 bits per heavy atom. The fourth-order valence-electron chi connectivity index (χ4n) is 2.44. The first kappa shape index (κ1) is 14.1. The lowest BCUT2D eigenvalue weighted by molar-refractivity contribution is -0.384. The number of nitrogens with zero attached hydrogens (tertiary/aromatic N) is 1. The molecule has 1 saturated carbocycles. The van der Waals surface area contributed by atoms with Crippen molar-refractivity contribution in [1.29, 1.82) is 0 Å². The standard InChI is InChI=1S/C13H17FN2O2S/c1-8-5-12(13(16(17)18)7-11(8)14)15-9-3-4-10(6-9)19-2/h5,7,9-10,15H,3-4,6H2,1-2H3. The second-order valence-electron chi connectivity index (χ2n) is 4.89. The van der Waals surface area contributed by atoms with Gasteiger partial charge in [0, 0.05) is 11.3 Å². The summed E-state index contributed by atoms with van der Waals surface area (Å²) in [5.41, 5.74) is 0.666. The van der Waals surface area contributed by atoms with E-state index in [0.717, 1.165) is 25.3 Å². The maximum atomic E-state index is 13.4. The highest BCUT2D eigenvalue weighted by Crippen LogP contribution is 2.34. The molecule has 0 heterocycles. The predicted molar refractivity (Wildman–Crippen MR) is 76.4 cm³/mol. The number of benzene rings is 1. The third-order valence-electron chi connectivity index (χ3n) is 3.55. The molecule has 1 N–H and O–H groups in total. The van der Waals surface area contributed by atoms with Crippen molar-refractivity contribution in [3.05, 3.63) is 33.6 Å². The molecule has 4 nitrogen and oxygen atoms in total. The molecule has 1 aromatic carbocycles. The normalized spacial score (nSPS) is 22.5. The molecule has 0 amide bonds. The van der Waals surface area contributed by atoms with Gasteiger partial charge in [-0.1, -0.05) is 0 Å². The topological polar surface area (TPSA) is 55.2 Å². The number of thioether (sulfide) groups is 1. The van der Waals surface area contributed by atoms with Crippen LogP contribution < -0.4 is 5.32 Å². The molecule has 2 unspecified atom stereocenters. The highest BCUT2D eigenvalue weighted by Gasteiger charge is 2.26. The molecule has 19 heavy (non-hydrogen) atoms. The number of nitrogens with one attached hydrogen (secondary N) is 1. The van der Waals surface area contributed by atoms with Gasteiger partial charge in [-0.25, -0.2) is 4.39 Å². The second kappa shape index (κ2) is 5.77. The van der Waals surface area contributed by atoms with Gasteiger partial charge >= 0.3 is 0 Å². The van der Waals surface area contributed by atoms with E-state index in [1.165, 1.54) is 6.07 Å². The third kappa shape index (κ3) is 3.18. The van der Waals surface area contributed by atoms with E-state index in [2.05, 4.69) is 11.6 Å². The third-order valence-corrected chi connectivity index (χ3v) is 4.65. The Morgan fingerprint density at radius 2 is 2.21 bits per heavy atom. The first-order valence-corrected chi connectivity index (χ1v) is 7.54. The van der Waals surface area contributed by atoms with Gasteiger partial charge in [-0.05, 0) is 44.1 Å². The summed E-state index contributed by atoms with van der Waals surface area (Å²) < 4.78 is 13.4. The summed E-state index contributed by atoms with van der Waals surface area (Å²) in [5, 5.41) is 14.8. The highest BCUT2D eigenvalue weighted by molar-refractivity contribution is 7.99. The van der Waals surface area contributed by atoms with Crippen LogP contribution in [0.25, 0.3) is 0 Å². The molecule has 1 fully saturated rings. The van der Waals surface area contributed by atoms with Gasteiger partial charge in [0.1, 0.15) is 11.5 Å². The van der Waals surface area contributed by atoms with Crippen LogP contribution in [-0.4, -0.2) is 22.5 Å². The summed E-state index contributed by atoms with van der Waals surface area (Å²) in [7, 11) is 0. The van der Waals surface area contributed by atoms with Gasteiger partial charge in [0.15, 0.2) is 0 Å². The van der Waals surface area contributed by atoms with Crippen LogP contribution in [0.1, 0.15) is 24.8 Å². The average molecular weight is 284 g/mol. The van der Waals surface area contributed by atoms with Crippen LogP contribution in [0, 0.1) is 22.9 Å². The SMILES string of the molecule is CSC1CCC(Nc2cc(C)c(F)cc2[N+](=O)[O-])C1. The number of nitro groups is 1. The van der Waals surface area contributed by atoms with Gasteiger partial charge in [-0.3, -0.25) is 10.1 Å². The lowest BCUT2D eigenvalue weighted by Gasteiger charge is -2.15. The molecular weight excluding hydrogens is 267 g/mol. The molecule has 2 atom stereocenters. The maximum Gasteiger partial charge on any atom is 0.295 e. The lowest BCUT2D eigenvalue weighted by Crippen LogP contribution is -2.17. The quantitative estimate of drug-likeness (QED) is 0.676. The predicted octanol–water partition coefficient (Wildman–Crippen LogP) is 3.74. The highest BCUT2D eigenvalue weighted by atomic mass is 32.2. The van der Waals surface area contributed by atoms with Crippen molar-refractivity contribution in [2.75, 3.05) is 11.6 Å². The molecule has 1 aliphatic rings. The van der Waals surface area contributed by atoms with Crippen LogP contribution in [0.4, 0.5) is 15.8 Å². The van der Waals surface area contributed by atoms with E-state index >= 15 is 0 Å². The number of anilines is 1. The van der Waals surface area contributed by atoms with Gasteiger partial charge in [0.05, 0.1) is 11.0 Å². The first-order valence-electron chi connectivity index (χ1n) is 6.25. The summed E-state index contributed by atoms with van der Waals surface area (Å²) in [6.45, 7) is 1.61. The van der Waals surface area contributed by atoms with Crippen molar-refractivity contribution < 1.29 is 9.31 Å². The fraction of sp³-hybridized carbons (Fsp3) is 0.538. The van der Waals surface area contributed by atoms with E-state index in [1.54, 1.807) is 6.92 Å². The molecular formula is C13H17FN2O2S. The Kier molecular flexibility index (Phi) is 4.29. The van der Waals surface area contributed by atoms with Crippen LogP contribution in [0.3, 0.4) is 0 Å². The van der Waals surface area contributed by atoms with Crippen molar-refractivity contribution in [2.45, 2.75) is 37.5 Å². The molecule has 0 bridgehead atoms. The molecule has 0 spiro atoms. The van der Waals surface area contributed by atoms with Crippen molar-refractivity contribution in [3.63, 3.8) is 0 Å². The van der Waals surface area contributed by atoms with Crippen molar-refractivity contribution >= 4 is 23.1 Å². The van der Waals surface area contributed by atoms with Crippen molar-refractivity contribution in [2.24, 2.45) is 0 Å². The number of rotatable bonds is 4. The van der Waals surface area contributed by atoms with E-state index in [4.69, 9.17) is 0 Å². The molecule has 0 radical (unpaired) electrons. The van der Waals surface area contributed by atoms with Gasteiger partial charge in [0.2, 0.25) is 0 Å². The molecule has 0 saturated heterocycles. The van der Waals surface area contributed by atoms with Gasteiger partial charge < -0.3 is 5.32 Å². The minimum absolute atomic E-state index is 0.185. The molecule has 0 aliphatic heterocycles. The van der Waals surface area contributed by atoms with Crippen LogP contribution in [0.5, 0.6) is 0 Å². The van der Waals surface area contributed by atoms with E-state index < -0.39 is 10.7 Å². The fourth-order valence-corrected chi connectivity index (χ4v) is 3.24. The maximum absolute atomic E-state index is 13.4. The molecule has 2 rings (SSSR count). The number of nitro benzene ring substituents is 1. The van der Waals surface area contributed by atoms with Crippen LogP contribution in [-0.2, 0) is 0 Å². The largest absolute Gasteiger partial charge is 0.377 e. The van der Waals surface area contributed by atoms with Gasteiger partial charge in [-0.2, -0.15) is 11.8 Å². The Labute approximate surface area is 115 Å². The number of aryl methyl sites for hydroxylation is 1. The Balaban J connectivity index is 2.20. The Hall–Kier alpha value is -1.30. The molecule has 6 heteroatoms. The van der Waals surface area contributed by atoms with E-state index in [-0.39, 0.29) is 11.7 Å². The van der Waals surface area contributed by atoms with E-state index in [0.29, 0.717) is 16.5 Å². The summed E-state index contributed by atoms with van der Waals surface area (Å²) in [5.74, 6) is -0.536. The summed E-state index contributed by atoms with van der Waals surface area (Å²) in [4.78, 5) is 10.4. The first-order chi connectivity index (χ1) is 9.01. The van der Waals surface area contributed by atoms with Crippen LogP contribution in [0.15, 0.2) is 12.1 Å². The van der Waals surface area contributed by atoms with E-state index in [1.807, 2.05) is 11.8 Å². The van der Waals surface area contributed by atoms with Gasteiger partial charge in [0.25, 0.3) is 5.69 Å². The minimum Gasteiger partial charge on any atom is -0.377 e. The van der Waals surface area contributed by atoms with Gasteiger partial charge in [-0.15, -0.1) is 0 Å². The van der Waals surface area contributed by atoms with Crippen LogP contribution in [0.2, 0.25) is 0 Å². The smallest absolute Gasteiger partial charge is 0.295 e. The summed E-state index contributed by atoms with van der Waals surface area (Å²) >= 11 is 1.83. The Bertz CT molecular complexity index is 496. The molecule has 0 aromatic heterocycles. The van der Waals surface area contributed by atoms with Crippen molar-refractivity contribution in [3.8, 4) is 0 Å². The van der Waals surface area contributed by atoms with E-state index in [9.17, 15) is 14.5 Å². The molecule has 104 valence electrons. The summed E-state index contributed by atoms with van der Waals surface area (Å²) in [6.07, 6.45) is 5.19. The molecule has 1 aliphatic carbocycles. The Morgan fingerprint density at radius 1 is 1.47 bits per heavy atom. The average Bonchev–Trinajstić information content (AvgIpc) is 2.81. The van der Waals surface area contributed by atoms with Crippen LogP contribution >= 0.6 is 11.8 Å². The second-order valence-corrected chi connectivity index (χ2v) is 6.03. The number of hydrogen-bond donors (Lipinski definition) is 1.